The lowest BCUT2D eigenvalue weighted by molar-refractivity contribution is 0.103. The second kappa shape index (κ2) is 6.41. The van der Waals surface area contributed by atoms with Crippen molar-refractivity contribution in [2.75, 3.05) is 13.1 Å². The number of aromatic nitrogens is 1. The fourth-order valence-electron chi connectivity index (χ4n) is 2.97. The summed E-state index contributed by atoms with van der Waals surface area (Å²) < 4.78 is 5.91. The molecule has 2 N–H and O–H groups in total. The van der Waals surface area contributed by atoms with Crippen LogP contribution in [-0.2, 0) is 6.54 Å². The maximum absolute atomic E-state index is 5.91. The molecule has 0 amide bonds. The second-order valence-electron chi connectivity index (χ2n) is 5.94. The van der Waals surface area contributed by atoms with Crippen LogP contribution in [-0.4, -0.2) is 29.0 Å². The Morgan fingerprint density at radius 3 is 2.86 bits per heavy atom. The third kappa shape index (κ3) is 3.34. The Bertz CT molecular complexity index is 566. The Morgan fingerprint density at radius 1 is 1.29 bits per heavy atom. The summed E-state index contributed by atoms with van der Waals surface area (Å²) in [6.07, 6.45) is 4.25. The molecule has 1 aromatic carbocycles. The predicted molar refractivity (Wildman–Crippen MR) is 83.6 cm³/mol. The quantitative estimate of drug-likeness (QED) is 0.938. The van der Waals surface area contributed by atoms with Crippen molar-refractivity contribution in [3.05, 3.63) is 42.4 Å². The van der Waals surface area contributed by atoms with E-state index < -0.39 is 0 Å². The van der Waals surface area contributed by atoms with E-state index in [2.05, 4.69) is 16.8 Å². The summed E-state index contributed by atoms with van der Waals surface area (Å²) in [5.74, 6) is 2.23. The number of nitrogens with two attached hydrogens (primary N) is 1. The van der Waals surface area contributed by atoms with Crippen LogP contribution < -0.4 is 5.73 Å². The Morgan fingerprint density at radius 2 is 2.10 bits per heavy atom. The lowest BCUT2D eigenvalue weighted by atomic mass is 9.93. The molecule has 4 nitrogen and oxygen atoms in total. The van der Waals surface area contributed by atoms with Gasteiger partial charge in [-0.3, -0.25) is 4.90 Å². The Kier molecular flexibility index (Phi) is 4.36. The standard InChI is InChI=1S/C17H23N3O/c1-13-7-8-14(9-18)11-20(13)12-17-19-10-16(21-17)15-5-3-2-4-6-15/h2-6,10,13-14H,7-9,11-12,18H2,1H3. The average Bonchev–Trinajstić information content (AvgIpc) is 2.99. The van der Waals surface area contributed by atoms with Gasteiger partial charge in [-0.1, -0.05) is 30.3 Å². The summed E-state index contributed by atoms with van der Waals surface area (Å²) >= 11 is 0. The first-order valence-corrected chi connectivity index (χ1v) is 7.70. The molecule has 112 valence electrons. The van der Waals surface area contributed by atoms with E-state index in [-0.39, 0.29) is 0 Å². The van der Waals surface area contributed by atoms with E-state index in [4.69, 9.17) is 10.2 Å². The van der Waals surface area contributed by atoms with E-state index in [1.165, 1.54) is 12.8 Å². The molecule has 0 aliphatic carbocycles. The van der Waals surface area contributed by atoms with Gasteiger partial charge in [-0.25, -0.2) is 4.98 Å². The smallest absolute Gasteiger partial charge is 0.209 e. The molecular formula is C17H23N3O. The van der Waals surface area contributed by atoms with Crippen molar-refractivity contribution in [1.82, 2.24) is 9.88 Å². The zero-order chi connectivity index (χ0) is 14.7. The highest BCUT2D eigenvalue weighted by Gasteiger charge is 2.25. The van der Waals surface area contributed by atoms with Crippen molar-refractivity contribution in [1.29, 1.82) is 0 Å². The number of hydrogen-bond acceptors (Lipinski definition) is 4. The van der Waals surface area contributed by atoms with E-state index in [0.29, 0.717) is 12.0 Å². The molecule has 1 saturated heterocycles. The minimum Gasteiger partial charge on any atom is -0.439 e. The monoisotopic (exact) mass is 285 g/mol. The number of hydrogen-bond donors (Lipinski definition) is 1. The topological polar surface area (TPSA) is 55.3 Å². The number of benzene rings is 1. The third-order valence-electron chi connectivity index (χ3n) is 4.39. The maximum atomic E-state index is 5.91. The van der Waals surface area contributed by atoms with Crippen molar-refractivity contribution in [2.45, 2.75) is 32.4 Å². The maximum Gasteiger partial charge on any atom is 0.209 e. The van der Waals surface area contributed by atoms with E-state index in [0.717, 1.165) is 36.8 Å². The summed E-state index contributed by atoms with van der Waals surface area (Å²) in [6, 6.07) is 10.7. The van der Waals surface area contributed by atoms with E-state index in [1.807, 2.05) is 36.5 Å². The fraction of sp³-hybridized carbons (Fsp3) is 0.471. The molecule has 1 aromatic heterocycles. The Hall–Kier alpha value is -1.65. The van der Waals surface area contributed by atoms with Crippen LogP contribution in [0.3, 0.4) is 0 Å². The molecule has 3 rings (SSSR count). The van der Waals surface area contributed by atoms with Gasteiger partial charge in [-0.2, -0.15) is 0 Å². The highest BCUT2D eigenvalue weighted by Crippen LogP contribution is 2.25. The van der Waals surface area contributed by atoms with Gasteiger partial charge in [0.05, 0.1) is 12.7 Å². The molecule has 1 aliphatic rings. The number of rotatable bonds is 4. The van der Waals surface area contributed by atoms with Gasteiger partial charge in [0, 0.05) is 18.2 Å². The highest BCUT2D eigenvalue weighted by molar-refractivity contribution is 5.55. The molecule has 0 saturated carbocycles. The van der Waals surface area contributed by atoms with Gasteiger partial charge in [0.2, 0.25) is 5.89 Å². The van der Waals surface area contributed by atoms with E-state index in [9.17, 15) is 0 Å². The zero-order valence-electron chi connectivity index (χ0n) is 12.5. The predicted octanol–water partition coefficient (Wildman–Crippen LogP) is 2.90. The SMILES string of the molecule is CC1CCC(CN)CN1Cc1ncc(-c2ccccc2)o1. The van der Waals surface area contributed by atoms with Gasteiger partial charge >= 0.3 is 0 Å². The highest BCUT2D eigenvalue weighted by atomic mass is 16.4. The van der Waals surface area contributed by atoms with Gasteiger partial charge in [-0.15, -0.1) is 0 Å². The van der Waals surface area contributed by atoms with Crippen LogP contribution in [0, 0.1) is 5.92 Å². The number of oxazole rings is 1. The second-order valence-corrected chi connectivity index (χ2v) is 5.94. The summed E-state index contributed by atoms with van der Waals surface area (Å²) in [5, 5.41) is 0. The zero-order valence-corrected chi connectivity index (χ0v) is 12.5. The first-order chi connectivity index (χ1) is 10.3. The van der Waals surface area contributed by atoms with Crippen molar-refractivity contribution in [3.8, 4) is 11.3 Å². The lowest BCUT2D eigenvalue weighted by Crippen LogP contribution is -2.43. The molecule has 2 atom stereocenters. The van der Waals surface area contributed by atoms with E-state index >= 15 is 0 Å². The molecule has 0 spiro atoms. The summed E-state index contributed by atoms with van der Waals surface area (Å²) in [4.78, 5) is 6.86. The molecule has 2 aromatic rings. The normalized spacial score (nSPS) is 23.3. The molecule has 2 unspecified atom stereocenters. The van der Waals surface area contributed by atoms with Gasteiger partial charge in [0.1, 0.15) is 0 Å². The van der Waals surface area contributed by atoms with Crippen LogP contribution in [0.15, 0.2) is 40.9 Å². The first-order valence-electron chi connectivity index (χ1n) is 7.70. The van der Waals surface area contributed by atoms with Crippen LogP contribution in [0.25, 0.3) is 11.3 Å². The van der Waals surface area contributed by atoms with Gasteiger partial charge in [0.25, 0.3) is 0 Å². The molecule has 0 bridgehead atoms. The average molecular weight is 285 g/mol. The van der Waals surface area contributed by atoms with Crippen molar-refractivity contribution < 1.29 is 4.42 Å². The van der Waals surface area contributed by atoms with E-state index in [1.54, 1.807) is 0 Å². The van der Waals surface area contributed by atoms with Crippen LogP contribution in [0.5, 0.6) is 0 Å². The van der Waals surface area contributed by atoms with Crippen LogP contribution in [0.2, 0.25) is 0 Å². The van der Waals surface area contributed by atoms with Gasteiger partial charge < -0.3 is 10.2 Å². The van der Waals surface area contributed by atoms with Crippen molar-refractivity contribution >= 4 is 0 Å². The lowest BCUT2D eigenvalue weighted by Gasteiger charge is -2.36. The molecule has 2 heterocycles. The van der Waals surface area contributed by atoms with Crippen molar-refractivity contribution in [2.24, 2.45) is 11.7 Å². The number of likely N-dealkylation sites (tertiary alicyclic amines) is 1. The molecule has 4 heteroatoms. The summed E-state index contributed by atoms with van der Waals surface area (Å²) in [6.45, 7) is 4.85. The molecule has 1 fully saturated rings. The Balaban J connectivity index is 1.69. The molecule has 1 aliphatic heterocycles. The Labute approximate surface area is 126 Å². The molecular weight excluding hydrogens is 262 g/mol. The number of piperidine rings is 1. The molecule has 21 heavy (non-hydrogen) atoms. The van der Waals surface area contributed by atoms with Crippen molar-refractivity contribution in [3.63, 3.8) is 0 Å². The fourth-order valence-corrected chi connectivity index (χ4v) is 2.97. The first kappa shape index (κ1) is 14.3. The van der Waals surface area contributed by atoms with Crippen LogP contribution in [0.1, 0.15) is 25.7 Å². The van der Waals surface area contributed by atoms with Gasteiger partial charge in [0.15, 0.2) is 5.76 Å². The minimum absolute atomic E-state index is 0.569. The number of nitrogens with zero attached hydrogens (tertiary/aromatic N) is 2. The largest absolute Gasteiger partial charge is 0.439 e. The third-order valence-corrected chi connectivity index (χ3v) is 4.39. The summed E-state index contributed by atoms with van der Waals surface area (Å²) in [5.41, 5.74) is 6.89. The van der Waals surface area contributed by atoms with Crippen LogP contribution in [0.4, 0.5) is 0 Å². The van der Waals surface area contributed by atoms with Crippen LogP contribution >= 0.6 is 0 Å². The summed E-state index contributed by atoms with van der Waals surface area (Å²) in [7, 11) is 0. The minimum atomic E-state index is 0.569. The molecule has 0 radical (unpaired) electrons. The van der Waals surface area contributed by atoms with Gasteiger partial charge in [-0.05, 0) is 32.2 Å².